The number of hydrogen-bond donors (Lipinski definition) is 0. The third-order valence-corrected chi connectivity index (χ3v) is 6.97. The van der Waals surface area contributed by atoms with Crippen LogP contribution in [0.1, 0.15) is 0 Å². The molecule has 1 aromatic carbocycles. The van der Waals surface area contributed by atoms with Crippen molar-refractivity contribution >= 4 is 34.3 Å². The van der Waals surface area contributed by atoms with Crippen molar-refractivity contribution in [3.8, 4) is 0 Å². The third kappa shape index (κ3) is 3.14. The molecule has 0 spiro atoms. The largest absolute Gasteiger partial charge is 1.00 e. The third-order valence-electron chi connectivity index (χ3n) is 3.49. The van der Waals surface area contributed by atoms with Gasteiger partial charge < -0.3 is 8.96 Å². The maximum Gasteiger partial charge on any atom is 1.00 e. The second-order valence-corrected chi connectivity index (χ2v) is 13.0. The van der Waals surface area contributed by atoms with Crippen LogP contribution in [-0.4, -0.2) is 25.4 Å². The van der Waals surface area contributed by atoms with Crippen molar-refractivity contribution in [3.63, 3.8) is 0 Å². The van der Waals surface area contributed by atoms with E-state index in [-0.39, 0.29) is 22.0 Å². The number of pyridine rings is 1. The number of nitrogens with zero attached hydrogens (tertiary/aromatic N) is 2. The smallest absolute Gasteiger partial charge is 0.359 e. The summed E-state index contributed by atoms with van der Waals surface area (Å²) in [5.41, 5.74) is 1.32. The van der Waals surface area contributed by atoms with E-state index < -0.39 is 18.1 Å². The molecular weight excluding hydrogens is 376 g/mol. The molecule has 0 aliphatic heterocycles. The minimum Gasteiger partial charge on any atom is -0.359 e. The van der Waals surface area contributed by atoms with Gasteiger partial charge in [-0.15, -0.1) is 11.3 Å². The first-order valence-corrected chi connectivity index (χ1v) is 12.0. The molecule has 124 valence electrons. The van der Waals surface area contributed by atoms with Gasteiger partial charge in [-0.1, -0.05) is 61.1 Å². The van der Waals surface area contributed by atoms with Gasteiger partial charge in [0.05, 0.1) is 13.0 Å². The molecule has 23 heavy (non-hydrogen) atoms. The van der Waals surface area contributed by atoms with Gasteiger partial charge in [0.1, 0.15) is 0 Å². The maximum absolute atomic E-state index is 12.9. The van der Waals surface area contributed by atoms with E-state index in [1.807, 2.05) is 0 Å². The van der Waals surface area contributed by atoms with Crippen LogP contribution in [-0.2, 0) is 27.1 Å². The van der Waals surface area contributed by atoms with Gasteiger partial charge in [0.2, 0.25) is 10.0 Å². The molecule has 7 heteroatoms. The van der Waals surface area contributed by atoms with Crippen molar-refractivity contribution in [2.45, 2.75) is 24.5 Å². The van der Waals surface area contributed by atoms with E-state index in [2.05, 4.69) is 30.8 Å². The van der Waals surface area contributed by atoms with Gasteiger partial charge >= 0.3 is 17.1 Å². The van der Waals surface area contributed by atoms with Crippen LogP contribution >= 0.6 is 0 Å². The standard InChI is InChI=1S/C16H17N2O2SSi.Cu/c1-22(2,3)15-12-18(14-10-7-11-17-16(14)15)21(19,20)13-8-5-4-6-9-13;/h4-11H,1-3H3;/q-1;+1. The zero-order valence-corrected chi connectivity index (χ0v) is 15.8. The van der Waals surface area contributed by atoms with Crippen LogP contribution in [0.25, 0.3) is 11.0 Å². The van der Waals surface area contributed by atoms with Crippen LogP contribution in [0.5, 0.6) is 0 Å². The van der Waals surface area contributed by atoms with Crippen LogP contribution in [0, 0.1) is 6.20 Å². The normalized spacial score (nSPS) is 12.1. The van der Waals surface area contributed by atoms with Gasteiger partial charge in [-0.3, -0.25) is 0 Å². The molecule has 2 aromatic heterocycles. The van der Waals surface area contributed by atoms with Gasteiger partial charge in [-0.05, 0) is 12.1 Å². The molecule has 3 rings (SSSR count). The Kier molecular flexibility index (Phi) is 4.87. The molecule has 4 nitrogen and oxygen atoms in total. The van der Waals surface area contributed by atoms with E-state index in [4.69, 9.17) is 0 Å². The Morgan fingerprint density at radius 1 is 1.04 bits per heavy atom. The Hall–Kier alpha value is -1.40. The zero-order valence-electron chi connectivity index (χ0n) is 13.0. The van der Waals surface area contributed by atoms with Crippen molar-refractivity contribution in [1.29, 1.82) is 0 Å². The fraction of sp³-hybridized carbons (Fsp3) is 0.188. The molecule has 0 N–H and O–H groups in total. The van der Waals surface area contributed by atoms with E-state index in [1.54, 1.807) is 48.7 Å². The molecular formula is C16H17CuN2O2SSi. The Bertz CT molecular complexity index is 932. The summed E-state index contributed by atoms with van der Waals surface area (Å²) < 4.78 is 27.1. The van der Waals surface area contributed by atoms with E-state index in [0.29, 0.717) is 5.52 Å². The average molecular weight is 393 g/mol. The molecule has 0 saturated heterocycles. The summed E-state index contributed by atoms with van der Waals surface area (Å²) in [5.74, 6) is 0. The fourth-order valence-electron chi connectivity index (χ4n) is 2.38. The van der Waals surface area contributed by atoms with Gasteiger partial charge in [0.15, 0.2) is 0 Å². The first kappa shape index (κ1) is 17.9. The summed E-state index contributed by atoms with van der Waals surface area (Å²) in [6, 6.07) is 12.0. The van der Waals surface area contributed by atoms with Crippen LogP contribution < -0.4 is 5.19 Å². The van der Waals surface area contributed by atoms with Crippen LogP contribution in [0.3, 0.4) is 0 Å². The minimum absolute atomic E-state index is 0. The Morgan fingerprint density at radius 2 is 1.70 bits per heavy atom. The predicted molar refractivity (Wildman–Crippen MR) is 90.6 cm³/mol. The molecule has 0 aliphatic rings. The van der Waals surface area contributed by atoms with E-state index in [9.17, 15) is 8.42 Å². The van der Waals surface area contributed by atoms with Gasteiger partial charge in [0, 0.05) is 6.20 Å². The number of aromatic nitrogens is 2. The summed E-state index contributed by atoms with van der Waals surface area (Å²) in [5, 5.41) is 0.933. The summed E-state index contributed by atoms with van der Waals surface area (Å²) in [4.78, 5) is 4.65. The topological polar surface area (TPSA) is 52.0 Å². The monoisotopic (exact) mass is 392 g/mol. The van der Waals surface area contributed by atoms with Crippen LogP contribution in [0.4, 0.5) is 0 Å². The van der Waals surface area contributed by atoms with E-state index in [0.717, 1.165) is 10.7 Å². The molecule has 0 bridgehead atoms. The van der Waals surface area contributed by atoms with Crippen LogP contribution in [0.2, 0.25) is 19.6 Å². The second-order valence-electron chi connectivity index (χ2n) is 6.19. The summed E-state index contributed by atoms with van der Waals surface area (Å²) in [6.45, 7) is 6.48. The van der Waals surface area contributed by atoms with Gasteiger partial charge in [-0.25, -0.2) is 8.42 Å². The summed E-state index contributed by atoms with van der Waals surface area (Å²) in [6.07, 6.45) is 4.79. The molecule has 0 fully saturated rings. The van der Waals surface area contributed by atoms with Crippen molar-refractivity contribution in [3.05, 3.63) is 54.9 Å². The SMILES string of the molecule is C[Si](C)(C)c1[c-]n(S(=O)(=O)c2ccccc2)c2cccnc12.[Cu+]. The molecule has 0 amide bonds. The summed E-state index contributed by atoms with van der Waals surface area (Å²) >= 11 is 0. The number of fused-ring (bicyclic) bond motifs is 1. The molecule has 0 aliphatic carbocycles. The van der Waals surface area contributed by atoms with Crippen molar-refractivity contribution in [2.75, 3.05) is 0 Å². The van der Waals surface area contributed by atoms with E-state index >= 15 is 0 Å². The first-order valence-electron chi connectivity index (χ1n) is 7.02. The Labute approximate surface area is 148 Å². The molecule has 3 aromatic rings. The van der Waals surface area contributed by atoms with Gasteiger partial charge in [0.25, 0.3) is 0 Å². The molecule has 0 unspecified atom stereocenters. The molecule has 0 radical (unpaired) electrons. The Morgan fingerprint density at radius 3 is 2.30 bits per heavy atom. The van der Waals surface area contributed by atoms with Crippen LogP contribution in [0.15, 0.2) is 53.6 Å². The Balaban J connectivity index is 0.00000192. The summed E-state index contributed by atoms with van der Waals surface area (Å²) in [7, 11) is -5.42. The molecule has 0 saturated carbocycles. The van der Waals surface area contributed by atoms with E-state index in [1.165, 1.54) is 3.97 Å². The number of hydrogen-bond acceptors (Lipinski definition) is 3. The second kappa shape index (κ2) is 6.24. The maximum atomic E-state index is 12.9. The molecule has 2 heterocycles. The minimum atomic E-state index is -3.66. The number of rotatable bonds is 3. The quantitative estimate of drug-likeness (QED) is 0.508. The van der Waals surface area contributed by atoms with Crippen molar-refractivity contribution in [1.82, 2.24) is 8.96 Å². The molecule has 0 atom stereocenters. The zero-order chi connectivity index (χ0) is 16.0. The average Bonchev–Trinajstić information content (AvgIpc) is 2.88. The first-order chi connectivity index (χ1) is 10.3. The van der Waals surface area contributed by atoms with Gasteiger partial charge in [-0.2, -0.15) is 0 Å². The van der Waals surface area contributed by atoms with Crippen molar-refractivity contribution in [2.24, 2.45) is 0 Å². The van der Waals surface area contributed by atoms with Crippen molar-refractivity contribution < 1.29 is 25.5 Å². The predicted octanol–water partition coefficient (Wildman–Crippen LogP) is 2.62. The fourth-order valence-corrected chi connectivity index (χ4v) is 5.14. The number of benzene rings is 1.